The van der Waals surface area contributed by atoms with E-state index in [9.17, 15) is 14.9 Å². The Morgan fingerprint density at radius 1 is 1.18 bits per heavy atom. The van der Waals surface area contributed by atoms with Crippen LogP contribution in [0.25, 0.3) is 11.3 Å². The quantitative estimate of drug-likeness (QED) is 0.173. The highest BCUT2D eigenvalue weighted by Crippen LogP contribution is 2.44. The molecule has 2 aromatic carbocycles. The zero-order valence-corrected chi connectivity index (χ0v) is 22.0. The van der Waals surface area contributed by atoms with Gasteiger partial charge in [-0.1, -0.05) is 18.2 Å². The molecule has 1 amide bonds. The largest absolute Gasteiger partial charge is 0.459 e. The van der Waals surface area contributed by atoms with Crippen LogP contribution in [0.2, 0.25) is 0 Å². The molecule has 10 nitrogen and oxygen atoms in total. The molecular weight excluding hydrogens is 518 g/mol. The number of aryl methyl sites for hydroxylation is 1. The molecule has 2 aromatic heterocycles. The average molecular weight is 544 g/mol. The molecule has 2 atom stereocenters. The average Bonchev–Trinajstić information content (AvgIpc) is 3.55. The second kappa shape index (κ2) is 11.0. The predicted octanol–water partition coefficient (Wildman–Crippen LogP) is 5.32. The number of nitrogens with one attached hydrogen (secondary N) is 2. The molecule has 0 radical (unpaired) electrons. The van der Waals surface area contributed by atoms with E-state index in [1.54, 1.807) is 30.5 Å². The number of benzene rings is 2. The summed E-state index contributed by atoms with van der Waals surface area (Å²) in [6.07, 6.45) is 1.71. The number of hydrogen-bond acceptors (Lipinski definition) is 7. The monoisotopic (exact) mass is 543 g/mol. The van der Waals surface area contributed by atoms with Crippen molar-refractivity contribution in [2.45, 2.75) is 19.0 Å². The number of anilines is 2. The topological polar surface area (TPSA) is 123 Å². The number of rotatable bonds is 8. The van der Waals surface area contributed by atoms with E-state index < -0.39 is 11.0 Å². The number of furan rings is 1. The van der Waals surface area contributed by atoms with Gasteiger partial charge in [-0.15, -0.1) is 0 Å². The van der Waals surface area contributed by atoms with Crippen LogP contribution >= 0.6 is 12.2 Å². The van der Waals surface area contributed by atoms with Crippen LogP contribution in [0.1, 0.15) is 29.1 Å². The first-order valence-corrected chi connectivity index (χ1v) is 12.5. The summed E-state index contributed by atoms with van der Waals surface area (Å²) in [5, 5.41) is 18.3. The molecule has 0 saturated carbocycles. The van der Waals surface area contributed by atoms with Crippen molar-refractivity contribution in [3.05, 3.63) is 106 Å². The van der Waals surface area contributed by atoms with Gasteiger partial charge in [0.05, 0.1) is 22.2 Å². The molecule has 39 heavy (non-hydrogen) atoms. The Kier molecular flexibility index (Phi) is 7.35. The Bertz CT molecular complexity index is 1540. The van der Waals surface area contributed by atoms with Gasteiger partial charge in [-0.25, -0.2) is 0 Å². The Labute approximate surface area is 229 Å². The maximum atomic E-state index is 12.0. The molecule has 0 bridgehead atoms. The molecule has 5 rings (SSSR count). The molecule has 4 aromatic rings. The summed E-state index contributed by atoms with van der Waals surface area (Å²) in [4.78, 5) is 29.7. The van der Waals surface area contributed by atoms with Crippen molar-refractivity contribution in [1.82, 2.24) is 10.3 Å². The van der Waals surface area contributed by atoms with Crippen LogP contribution in [0, 0.1) is 17.0 Å². The molecule has 1 aliphatic rings. The Hall–Kier alpha value is -4.61. The highest BCUT2D eigenvalue weighted by molar-refractivity contribution is 7.80. The Morgan fingerprint density at radius 3 is 2.69 bits per heavy atom. The lowest BCUT2D eigenvalue weighted by atomic mass is 10.0. The summed E-state index contributed by atoms with van der Waals surface area (Å²) >= 11 is 5.78. The minimum atomic E-state index is -0.447. The number of pyridine rings is 1. The number of methoxy groups -OCH3 is 1. The fourth-order valence-electron chi connectivity index (χ4n) is 4.67. The first kappa shape index (κ1) is 26.0. The number of thiocarbonyl (C=S) groups is 1. The molecule has 1 saturated heterocycles. The second-order valence-corrected chi connectivity index (χ2v) is 9.34. The van der Waals surface area contributed by atoms with E-state index >= 15 is 0 Å². The van der Waals surface area contributed by atoms with Gasteiger partial charge < -0.3 is 24.7 Å². The third-order valence-electron chi connectivity index (χ3n) is 6.42. The van der Waals surface area contributed by atoms with Crippen LogP contribution in [-0.2, 0) is 9.53 Å². The van der Waals surface area contributed by atoms with Gasteiger partial charge in [-0.2, -0.15) is 0 Å². The summed E-state index contributed by atoms with van der Waals surface area (Å²) in [6, 6.07) is 20.4. The van der Waals surface area contributed by atoms with E-state index in [4.69, 9.17) is 21.4 Å². The number of carbonyl (C=O) groups is 1. The van der Waals surface area contributed by atoms with Gasteiger partial charge >= 0.3 is 0 Å². The number of para-hydroxylation sites is 1. The third kappa shape index (κ3) is 5.22. The zero-order chi connectivity index (χ0) is 27.5. The van der Waals surface area contributed by atoms with Gasteiger partial charge in [-0.3, -0.25) is 19.9 Å². The molecule has 3 heterocycles. The summed E-state index contributed by atoms with van der Waals surface area (Å²) in [6.45, 7) is 1.85. The summed E-state index contributed by atoms with van der Waals surface area (Å²) in [5.41, 5.74) is 3.37. The van der Waals surface area contributed by atoms with Gasteiger partial charge in [0.2, 0.25) is 5.91 Å². The van der Waals surface area contributed by atoms with Crippen molar-refractivity contribution in [3.8, 4) is 11.3 Å². The van der Waals surface area contributed by atoms with Crippen LogP contribution in [0.4, 0.5) is 17.1 Å². The van der Waals surface area contributed by atoms with Gasteiger partial charge in [0, 0.05) is 30.7 Å². The molecule has 2 N–H and O–H groups in total. The standard InChI is InChI=1S/C28H25N5O5S/c1-17-15-18(10-11-20(17)30-25(34)16-37-2)32-27(26(31-28(32)39)21-8-5-6-14-29-21)24-13-12-23(38-24)19-7-3-4-9-22(19)33(35)36/h3-15,26-27H,16H2,1-2H3,(H,30,34)(H,31,39)/t26-,27+/m1/s1. The van der Waals surface area contributed by atoms with Gasteiger partial charge in [-0.05, 0) is 73.2 Å². The number of amides is 1. The lowest BCUT2D eigenvalue weighted by molar-refractivity contribution is -0.384. The predicted molar refractivity (Wildman–Crippen MR) is 150 cm³/mol. The highest BCUT2D eigenvalue weighted by Gasteiger charge is 2.43. The van der Waals surface area contributed by atoms with Gasteiger partial charge in [0.1, 0.15) is 24.2 Å². The summed E-state index contributed by atoms with van der Waals surface area (Å²) in [7, 11) is 1.46. The number of nitrogens with zero attached hydrogens (tertiary/aromatic N) is 3. The molecule has 11 heteroatoms. The Morgan fingerprint density at radius 2 is 1.97 bits per heavy atom. The Balaban J connectivity index is 1.56. The first-order valence-electron chi connectivity index (χ1n) is 12.1. The van der Waals surface area contributed by atoms with Crippen molar-refractivity contribution < 1.29 is 18.9 Å². The summed E-state index contributed by atoms with van der Waals surface area (Å²) < 4.78 is 11.2. The van der Waals surface area contributed by atoms with Crippen LogP contribution in [0.5, 0.6) is 0 Å². The smallest absolute Gasteiger partial charge is 0.280 e. The van der Waals surface area contributed by atoms with Crippen LogP contribution in [-0.4, -0.2) is 34.6 Å². The van der Waals surface area contributed by atoms with E-state index in [1.807, 2.05) is 54.3 Å². The fraction of sp³-hybridized carbons (Fsp3) is 0.179. The lowest BCUT2D eigenvalue weighted by Crippen LogP contribution is -2.29. The number of hydrogen-bond donors (Lipinski definition) is 2. The lowest BCUT2D eigenvalue weighted by Gasteiger charge is -2.26. The van der Waals surface area contributed by atoms with E-state index in [0.717, 1.165) is 16.9 Å². The van der Waals surface area contributed by atoms with Crippen molar-refractivity contribution in [2.24, 2.45) is 0 Å². The number of nitro benzene ring substituents is 1. The van der Waals surface area contributed by atoms with Crippen LogP contribution in [0.3, 0.4) is 0 Å². The number of nitro groups is 1. The van der Waals surface area contributed by atoms with Gasteiger partial charge in [0.15, 0.2) is 5.11 Å². The highest BCUT2D eigenvalue weighted by atomic mass is 32.1. The van der Waals surface area contributed by atoms with Crippen LogP contribution in [0.15, 0.2) is 83.4 Å². The summed E-state index contributed by atoms with van der Waals surface area (Å²) in [5.74, 6) is 0.682. The zero-order valence-electron chi connectivity index (χ0n) is 21.2. The molecular formula is C28H25N5O5S. The van der Waals surface area contributed by atoms with Crippen molar-refractivity contribution in [3.63, 3.8) is 0 Å². The maximum absolute atomic E-state index is 12.0. The number of ether oxygens (including phenoxy) is 1. The third-order valence-corrected chi connectivity index (χ3v) is 6.73. The minimum absolute atomic E-state index is 0.0432. The maximum Gasteiger partial charge on any atom is 0.280 e. The van der Waals surface area contributed by atoms with Crippen LogP contribution < -0.4 is 15.5 Å². The van der Waals surface area contributed by atoms with E-state index in [2.05, 4.69) is 15.6 Å². The van der Waals surface area contributed by atoms with Crippen molar-refractivity contribution in [2.75, 3.05) is 23.9 Å². The molecule has 1 fully saturated rings. The second-order valence-electron chi connectivity index (χ2n) is 8.95. The number of aromatic nitrogens is 1. The molecule has 0 aliphatic carbocycles. The fourth-order valence-corrected chi connectivity index (χ4v) is 5.02. The van der Waals surface area contributed by atoms with Crippen molar-refractivity contribution in [1.29, 1.82) is 0 Å². The normalized spacial score (nSPS) is 16.7. The molecule has 198 valence electrons. The molecule has 0 spiro atoms. The van der Waals surface area contributed by atoms with Gasteiger partial charge in [0.25, 0.3) is 5.69 Å². The van der Waals surface area contributed by atoms with E-state index in [0.29, 0.717) is 27.9 Å². The SMILES string of the molecule is COCC(=O)Nc1ccc(N2C(=S)N[C@H](c3ccccn3)[C@@H]2c2ccc(-c3ccccc3[N+](=O)[O-])o2)cc1C. The van der Waals surface area contributed by atoms with E-state index in [-0.39, 0.29) is 24.2 Å². The van der Waals surface area contributed by atoms with Crippen molar-refractivity contribution >= 4 is 40.3 Å². The molecule has 0 unspecified atom stereocenters. The van der Waals surface area contributed by atoms with E-state index in [1.165, 1.54) is 13.2 Å². The minimum Gasteiger partial charge on any atom is -0.459 e. The number of carbonyl (C=O) groups excluding carboxylic acids is 1. The first-order chi connectivity index (χ1) is 18.9. The molecule has 1 aliphatic heterocycles.